The lowest BCUT2D eigenvalue weighted by molar-refractivity contribution is 0.100. The van der Waals surface area contributed by atoms with E-state index in [-0.39, 0.29) is 5.91 Å². The molecule has 2 amide bonds. The first kappa shape index (κ1) is 12.3. The van der Waals surface area contributed by atoms with E-state index in [1.165, 1.54) is 22.7 Å². The standard InChI is InChI=1S/C12H11N3O2S2/c13-10(16)9-6-2-1-3-8(6)19-12(9)15-11(17)7-4-18-5-14-7/h4-5H,1-3H2,(H2,13,16)(H,15,17). The lowest BCUT2D eigenvalue weighted by atomic mass is 10.1. The van der Waals surface area contributed by atoms with Gasteiger partial charge >= 0.3 is 0 Å². The van der Waals surface area contributed by atoms with Gasteiger partial charge in [-0.25, -0.2) is 4.98 Å². The first-order valence-electron chi connectivity index (χ1n) is 5.80. The molecule has 2 aromatic heterocycles. The Kier molecular flexibility index (Phi) is 3.08. The Balaban J connectivity index is 1.93. The highest BCUT2D eigenvalue weighted by atomic mass is 32.1. The van der Waals surface area contributed by atoms with E-state index in [0.717, 1.165) is 29.7 Å². The number of nitrogens with zero attached hydrogens (tertiary/aromatic N) is 1. The highest BCUT2D eigenvalue weighted by Crippen LogP contribution is 2.38. The highest BCUT2D eigenvalue weighted by molar-refractivity contribution is 7.17. The Morgan fingerprint density at radius 3 is 2.89 bits per heavy atom. The Bertz CT molecular complexity index is 646. The van der Waals surface area contributed by atoms with Gasteiger partial charge in [0.1, 0.15) is 10.7 Å². The average molecular weight is 293 g/mol. The van der Waals surface area contributed by atoms with Crippen LogP contribution in [0.1, 0.15) is 37.7 Å². The van der Waals surface area contributed by atoms with E-state index >= 15 is 0 Å². The second-order valence-corrected chi connectivity index (χ2v) is 6.08. The Morgan fingerprint density at radius 1 is 1.37 bits per heavy atom. The zero-order chi connectivity index (χ0) is 13.4. The normalized spacial score (nSPS) is 13.3. The molecule has 2 aromatic rings. The van der Waals surface area contributed by atoms with E-state index < -0.39 is 5.91 Å². The molecule has 7 heteroatoms. The lowest BCUT2D eigenvalue weighted by Crippen LogP contribution is -2.18. The summed E-state index contributed by atoms with van der Waals surface area (Å²) in [6.07, 6.45) is 2.85. The number of amides is 2. The smallest absolute Gasteiger partial charge is 0.275 e. The fraction of sp³-hybridized carbons (Fsp3) is 0.250. The summed E-state index contributed by atoms with van der Waals surface area (Å²) in [5.74, 6) is -0.781. The van der Waals surface area contributed by atoms with Gasteiger partial charge in [0.25, 0.3) is 11.8 Å². The monoisotopic (exact) mass is 293 g/mol. The van der Waals surface area contributed by atoms with E-state index in [4.69, 9.17) is 5.73 Å². The molecule has 0 aromatic carbocycles. The summed E-state index contributed by atoms with van der Waals surface area (Å²) in [6, 6.07) is 0. The van der Waals surface area contributed by atoms with Gasteiger partial charge in [0.05, 0.1) is 11.1 Å². The number of fused-ring (bicyclic) bond motifs is 1. The first-order valence-corrected chi connectivity index (χ1v) is 7.56. The second kappa shape index (κ2) is 4.75. The van der Waals surface area contributed by atoms with Crippen molar-refractivity contribution in [2.45, 2.75) is 19.3 Å². The summed E-state index contributed by atoms with van der Waals surface area (Å²) in [5.41, 5.74) is 8.86. The van der Waals surface area contributed by atoms with Crippen molar-refractivity contribution in [1.82, 2.24) is 4.98 Å². The minimum atomic E-state index is -0.479. The molecule has 0 bridgehead atoms. The van der Waals surface area contributed by atoms with Gasteiger partial charge in [-0.15, -0.1) is 22.7 Å². The predicted molar refractivity (Wildman–Crippen MR) is 74.9 cm³/mol. The van der Waals surface area contributed by atoms with E-state index in [1.807, 2.05) is 0 Å². The molecule has 0 spiro atoms. The number of nitrogens with one attached hydrogen (secondary N) is 1. The van der Waals surface area contributed by atoms with E-state index in [9.17, 15) is 9.59 Å². The molecular weight excluding hydrogens is 282 g/mol. The summed E-state index contributed by atoms with van der Waals surface area (Å²) in [6.45, 7) is 0. The van der Waals surface area contributed by atoms with E-state index in [2.05, 4.69) is 10.3 Å². The van der Waals surface area contributed by atoms with Crippen molar-refractivity contribution in [3.05, 3.63) is 32.6 Å². The number of thiophene rings is 1. The summed E-state index contributed by atoms with van der Waals surface area (Å²) in [5, 5.41) is 4.96. The Labute approximate surface area is 117 Å². The van der Waals surface area contributed by atoms with Gasteiger partial charge in [0, 0.05) is 10.3 Å². The summed E-state index contributed by atoms with van der Waals surface area (Å²) >= 11 is 2.80. The minimum absolute atomic E-state index is 0.302. The van der Waals surface area contributed by atoms with Crippen LogP contribution in [0.5, 0.6) is 0 Å². The number of aryl methyl sites for hydroxylation is 1. The maximum absolute atomic E-state index is 12.0. The first-order chi connectivity index (χ1) is 9.16. The van der Waals surface area contributed by atoms with Crippen molar-refractivity contribution >= 4 is 39.5 Å². The summed E-state index contributed by atoms with van der Waals surface area (Å²) < 4.78 is 0. The quantitative estimate of drug-likeness (QED) is 0.908. The predicted octanol–water partition coefficient (Wildman–Crippen LogP) is 2.04. The molecular formula is C12H11N3O2S2. The van der Waals surface area contributed by atoms with Gasteiger partial charge < -0.3 is 11.1 Å². The highest BCUT2D eigenvalue weighted by Gasteiger charge is 2.26. The molecule has 0 radical (unpaired) electrons. The van der Waals surface area contributed by atoms with Crippen molar-refractivity contribution in [3.8, 4) is 0 Å². The number of hydrogen-bond acceptors (Lipinski definition) is 5. The Morgan fingerprint density at radius 2 is 2.21 bits per heavy atom. The van der Waals surface area contributed by atoms with Crippen LogP contribution in [0, 0.1) is 0 Å². The molecule has 0 saturated carbocycles. The van der Waals surface area contributed by atoms with Gasteiger partial charge in [0.2, 0.25) is 0 Å². The van der Waals surface area contributed by atoms with Crippen LogP contribution in [-0.4, -0.2) is 16.8 Å². The van der Waals surface area contributed by atoms with Gasteiger partial charge in [-0.05, 0) is 24.8 Å². The second-order valence-electron chi connectivity index (χ2n) is 4.25. The van der Waals surface area contributed by atoms with Crippen LogP contribution in [0.2, 0.25) is 0 Å². The summed E-state index contributed by atoms with van der Waals surface area (Å²) in [7, 11) is 0. The van der Waals surface area contributed by atoms with Crippen LogP contribution in [0.25, 0.3) is 0 Å². The minimum Gasteiger partial charge on any atom is -0.365 e. The van der Waals surface area contributed by atoms with Crippen LogP contribution in [0.15, 0.2) is 10.9 Å². The Hall–Kier alpha value is -1.73. The number of hydrogen-bond donors (Lipinski definition) is 2. The topological polar surface area (TPSA) is 85.1 Å². The third kappa shape index (κ3) is 2.15. The molecule has 0 fully saturated rings. The lowest BCUT2D eigenvalue weighted by Gasteiger charge is -2.04. The van der Waals surface area contributed by atoms with Gasteiger partial charge in [-0.3, -0.25) is 9.59 Å². The largest absolute Gasteiger partial charge is 0.365 e. The molecule has 1 aliphatic carbocycles. The van der Waals surface area contributed by atoms with Crippen molar-refractivity contribution in [1.29, 1.82) is 0 Å². The number of nitrogens with two attached hydrogens (primary N) is 1. The summed E-state index contributed by atoms with van der Waals surface area (Å²) in [4.78, 5) is 28.6. The van der Waals surface area contributed by atoms with Crippen molar-refractivity contribution in [3.63, 3.8) is 0 Å². The zero-order valence-corrected chi connectivity index (χ0v) is 11.6. The molecule has 1 aliphatic rings. The average Bonchev–Trinajstić information content (AvgIpc) is 3.03. The molecule has 3 rings (SSSR count). The fourth-order valence-electron chi connectivity index (χ4n) is 2.24. The number of anilines is 1. The van der Waals surface area contributed by atoms with Crippen molar-refractivity contribution in [2.75, 3.05) is 5.32 Å². The number of primary amides is 1. The number of aromatic nitrogens is 1. The number of carbonyl (C=O) groups is 2. The molecule has 0 atom stereocenters. The third-order valence-electron chi connectivity index (χ3n) is 3.06. The van der Waals surface area contributed by atoms with Crippen LogP contribution in [0.4, 0.5) is 5.00 Å². The van der Waals surface area contributed by atoms with Crippen LogP contribution in [0.3, 0.4) is 0 Å². The van der Waals surface area contributed by atoms with E-state index in [0.29, 0.717) is 16.3 Å². The van der Waals surface area contributed by atoms with Crippen molar-refractivity contribution < 1.29 is 9.59 Å². The third-order valence-corrected chi connectivity index (χ3v) is 4.85. The number of rotatable bonds is 3. The fourth-order valence-corrected chi connectivity index (χ4v) is 4.07. The van der Waals surface area contributed by atoms with Crippen LogP contribution >= 0.6 is 22.7 Å². The number of thiazole rings is 1. The molecule has 2 heterocycles. The molecule has 0 aliphatic heterocycles. The SMILES string of the molecule is NC(=O)c1c(NC(=O)c2cscn2)sc2c1CCC2. The van der Waals surface area contributed by atoms with Crippen LogP contribution < -0.4 is 11.1 Å². The van der Waals surface area contributed by atoms with Crippen LogP contribution in [-0.2, 0) is 12.8 Å². The maximum atomic E-state index is 12.0. The molecule has 19 heavy (non-hydrogen) atoms. The van der Waals surface area contributed by atoms with Gasteiger partial charge in [-0.1, -0.05) is 0 Å². The molecule has 98 valence electrons. The van der Waals surface area contributed by atoms with E-state index in [1.54, 1.807) is 10.9 Å². The molecule has 5 nitrogen and oxygen atoms in total. The molecule has 0 unspecified atom stereocenters. The molecule has 3 N–H and O–H groups in total. The van der Waals surface area contributed by atoms with Crippen molar-refractivity contribution in [2.24, 2.45) is 5.73 Å². The maximum Gasteiger partial charge on any atom is 0.275 e. The van der Waals surface area contributed by atoms with Gasteiger partial charge in [0.15, 0.2) is 0 Å². The number of carbonyl (C=O) groups excluding carboxylic acids is 2. The van der Waals surface area contributed by atoms with Gasteiger partial charge in [-0.2, -0.15) is 0 Å². The zero-order valence-electron chi connectivity index (χ0n) is 9.93. The molecule has 0 saturated heterocycles.